The van der Waals surface area contributed by atoms with Gasteiger partial charge in [0.15, 0.2) is 0 Å². The lowest BCUT2D eigenvalue weighted by Gasteiger charge is -2.24. The van der Waals surface area contributed by atoms with Gasteiger partial charge in [-0.05, 0) is 23.8 Å². The molecule has 1 atom stereocenters. The van der Waals surface area contributed by atoms with Gasteiger partial charge in [-0.25, -0.2) is 0 Å². The summed E-state index contributed by atoms with van der Waals surface area (Å²) >= 11 is 7.67. The van der Waals surface area contributed by atoms with Crippen LogP contribution in [0.2, 0.25) is 5.02 Å². The Hall–Kier alpha value is -1.45. The van der Waals surface area contributed by atoms with Crippen molar-refractivity contribution in [3.8, 4) is 0 Å². The summed E-state index contributed by atoms with van der Waals surface area (Å²) in [6.45, 7) is 0. The lowest BCUT2D eigenvalue weighted by Crippen LogP contribution is -2.27. The number of carbonyl (C=O) groups excluding carboxylic acids is 1. The first-order chi connectivity index (χ1) is 9.25. The van der Waals surface area contributed by atoms with Crippen LogP contribution in [-0.2, 0) is 4.79 Å². The van der Waals surface area contributed by atoms with Crippen LogP contribution in [0.3, 0.4) is 0 Å². The molecule has 0 saturated carbocycles. The van der Waals surface area contributed by atoms with E-state index in [9.17, 15) is 4.79 Å². The van der Waals surface area contributed by atoms with Gasteiger partial charge in [0.1, 0.15) is 5.37 Å². The van der Waals surface area contributed by atoms with Crippen molar-refractivity contribution in [1.29, 1.82) is 0 Å². The topological polar surface area (TPSA) is 20.3 Å². The van der Waals surface area contributed by atoms with E-state index in [1.54, 1.807) is 11.8 Å². The molecule has 2 nitrogen and oxygen atoms in total. The zero-order valence-electron chi connectivity index (χ0n) is 10.1. The van der Waals surface area contributed by atoms with Crippen molar-refractivity contribution < 1.29 is 4.79 Å². The molecular weight excluding hydrogens is 278 g/mol. The molecule has 19 heavy (non-hydrogen) atoms. The molecule has 1 heterocycles. The number of benzene rings is 2. The van der Waals surface area contributed by atoms with Crippen LogP contribution in [0.1, 0.15) is 10.9 Å². The first-order valence-electron chi connectivity index (χ1n) is 6.00. The second kappa shape index (κ2) is 5.27. The van der Waals surface area contributed by atoms with E-state index in [0.29, 0.717) is 10.8 Å². The summed E-state index contributed by atoms with van der Waals surface area (Å²) in [7, 11) is 0. The summed E-state index contributed by atoms with van der Waals surface area (Å²) in [6.07, 6.45) is 0. The highest BCUT2D eigenvalue weighted by Gasteiger charge is 2.33. The molecule has 1 saturated heterocycles. The molecule has 4 heteroatoms. The molecule has 1 unspecified atom stereocenters. The van der Waals surface area contributed by atoms with Crippen molar-refractivity contribution in [3.05, 3.63) is 65.2 Å². The van der Waals surface area contributed by atoms with Gasteiger partial charge in [0, 0.05) is 10.7 Å². The van der Waals surface area contributed by atoms with E-state index in [1.165, 1.54) is 0 Å². The van der Waals surface area contributed by atoms with Crippen LogP contribution in [0.4, 0.5) is 5.69 Å². The first-order valence-corrected chi connectivity index (χ1v) is 7.42. The molecule has 1 aliphatic rings. The van der Waals surface area contributed by atoms with Crippen LogP contribution in [0, 0.1) is 0 Å². The SMILES string of the molecule is O=C1CSC(c2ccccc2)N1c1cccc(Cl)c1. The van der Waals surface area contributed by atoms with Crippen molar-refractivity contribution in [2.45, 2.75) is 5.37 Å². The fourth-order valence-electron chi connectivity index (χ4n) is 2.19. The van der Waals surface area contributed by atoms with Crippen LogP contribution in [-0.4, -0.2) is 11.7 Å². The molecule has 0 aromatic heterocycles. The zero-order valence-corrected chi connectivity index (χ0v) is 11.7. The minimum atomic E-state index is 0.0344. The molecule has 0 aliphatic carbocycles. The maximum absolute atomic E-state index is 12.1. The number of carbonyl (C=O) groups is 1. The van der Waals surface area contributed by atoms with Crippen LogP contribution >= 0.6 is 23.4 Å². The Labute approximate surface area is 121 Å². The minimum Gasteiger partial charge on any atom is -0.295 e. The van der Waals surface area contributed by atoms with Gasteiger partial charge >= 0.3 is 0 Å². The number of amides is 1. The standard InChI is InChI=1S/C15H12ClNOS/c16-12-7-4-8-13(9-12)17-14(18)10-19-15(17)11-5-2-1-3-6-11/h1-9,15H,10H2. The monoisotopic (exact) mass is 289 g/mol. The van der Waals surface area contributed by atoms with Gasteiger partial charge in [-0.3, -0.25) is 9.69 Å². The highest BCUT2D eigenvalue weighted by molar-refractivity contribution is 8.00. The Morgan fingerprint density at radius 2 is 1.89 bits per heavy atom. The molecule has 0 N–H and O–H groups in total. The largest absolute Gasteiger partial charge is 0.295 e. The summed E-state index contributed by atoms with van der Waals surface area (Å²) in [5.41, 5.74) is 2.00. The highest BCUT2D eigenvalue weighted by atomic mass is 35.5. The van der Waals surface area contributed by atoms with Gasteiger partial charge in [0.2, 0.25) is 5.91 Å². The predicted octanol–water partition coefficient (Wildman–Crippen LogP) is 4.12. The first kappa shape index (κ1) is 12.6. The Morgan fingerprint density at radius 3 is 2.63 bits per heavy atom. The third-order valence-electron chi connectivity index (χ3n) is 3.04. The summed E-state index contributed by atoms with van der Waals surface area (Å²) < 4.78 is 0. The maximum atomic E-state index is 12.1. The lowest BCUT2D eigenvalue weighted by atomic mass is 10.2. The van der Waals surface area contributed by atoms with Gasteiger partial charge in [0.05, 0.1) is 5.75 Å². The summed E-state index contributed by atoms with van der Waals surface area (Å²) in [4.78, 5) is 14.0. The Kier molecular flexibility index (Phi) is 3.49. The second-order valence-electron chi connectivity index (χ2n) is 4.32. The molecule has 1 aliphatic heterocycles. The minimum absolute atomic E-state index is 0.0344. The lowest BCUT2D eigenvalue weighted by molar-refractivity contribution is -0.115. The van der Waals surface area contributed by atoms with E-state index in [4.69, 9.17) is 11.6 Å². The number of nitrogens with zero attached hydrogens (tertiary/aromatic N) is 1. The number of hydrogen-bond acceptors (Lipinski definition) is 2. The van der Waals surface area contributed by atoms with E-state index in [-0.39, 0.29) is 11.3 Å². The van der Waals surface area contributed by atoms with Gasteiger partial charge in [-0.15, -0.1) is 11.8 Å². The van der Waals surface area contributed by atoms with Gasteiger partial charge in [-0.2, -0.15) is 0 Å². The Bertz CT molecular complexity index is 602. The third-order valence-corrected chi connectivity index (χ3v) is 4.49. The van der Waals surface area contributed by atoms with Crippen molar-refractivity contribution >= 4 is 35.0 Å². The van der Waals surface area contributed by atoms with E-state index in [1.807, 2.05) is 59.5 Å². The fraction of sp³-hybridized carbons (Fsp3) is 0.133. The third kappa shape index (κ3) is 2.48. The van der Waals surface area contributed by atoms with Crippen LogP contribution in [0.15, 0.2) is 54.6 Å². The molecule has 1 fully saturated rings. The molecule has 0 radical (unpaired) electrons. The second-order valence-corrected chi connectivity index (χ2v) is 5.82. The molecule has 1 amide bonds. The van der Waals surface area contributed by atoms with Crippen molar-refractivity contribution in [1.82, 2.24) is 0 Å². The van der Waals surface area contributed by atoms with Gasteiger partial charge in [-0.1, -0.05) is 48.0 Å². The number of anilines is 1. The summed E-state index contributed by atoms with van der Waals surface area (Å²) in [6, 6.07) is 17.5. The van der Waals surface area contributed by atoms with E-state index >= 15 is 0 Å². The van der Waals surface area contributed by atoms with E-state index < -0.39 is 0 Å². The smallest absolute Gasteiger partial charge is 0.238 e. The fourth-order valence-corrected chi connectivity index (χ4v) is 3.56. The number of halogens is 1. The Balaban J connectivity index is 2.00. The Morgan fingerprint density at radius 1 is 1.11 bits per heavy atom. The molecule has 3 rings (SSSR count). The molecule has 2 aromatic carbocycles. The molecule has 96 valence electrons. The quantitative estimate of drug-likeness (QED) is 0.829. The van der Waals surface area contributed by atoms with Crippen molar-refractivity contribution in [2.75, 3.05) is 10.7 Å². The normalized spacial score (nSPS) is 18.9. The molecule has 2 aromatic rings. The van der Waals surface area contributed by atoms with E-state index in [2.05, 4.69) is 0 Å². The highest BCUT2D eigenvalue weighted by Crippen LogP contribution is 2.41. The molecule has 0 spiro atoms. The van der Waals surface area contributed by atoms with Crippen LogP contribution in [0.25, 0.3) is 0 Å². The van der Waals surface area contributed by atoms with E-state index in [0.717, 1.165) is 11.3 Å². The number of rotatable bonds is 2. The van der Waals surface area contributed by atoms with Crippen LogP contribution in [0.5, 0.6) is 0 Å². The van der Waals surface area contributed by atoms with Gasteiger partial charge in [0.25, 0.3) is 0 Å². The molecule has 0 bridgehead atoms. The zero-order chi connectivity index (χ0) is 13.2. The summed E-state index contributed by atoms with van der Waals surface area (Å²) in [5, 5.41) is 0.682. The average molecular weight is 290 g/mol. The van der Waals surface area contributed by atoms with Gasteiger partial charge < -0.3 is 0 Å². The van der Waals surface area contributed by atoms with Crippen molar-refractivity contribution in [3.63, 3.8) is 0 Å². The average Bonchev–Trinajstić information content (AvgIpc) is 2.82. The van der Waals surface area contributed by atoms with Crippen LogP contribution < -0.4 is 4.90 Å². The maximum Gasteiger partial charge on any atom is 0.238 e. The number of thioether (sulfide) groups is 1. The van der Waals surface area contributed by atoms with Crippen molar-refractivity contribution in [2.24, 2.45) is 0 Å². The molecular formula is C15H12ClNOS. The number of hydrogen-bond donors (Lipinski definition) is 0. The summed E-state index contributed by atoms with van der Waals surface area (Å²) in [5.74, 6) is 0.632. The predicted molar refractivity (Wildman–Crippen MR) is 80.6 cm³/mol.